The topological polar surface area (TPSA) is 229 Å². The molecular weight excluding hydrogens is 632 g/mol. The predicted octanol–water partition coefficient (Wildman–Crippen LogP) is -1.85. The maximum atomic E-state index is 12.1. The highest BCUT2D eigenvalue weighted by Gasteiger charge is 2.22. The molecule has 1 aliphatic heterocycles. The largest absolute Gasteiger partial charge is 0.379 e. The van der Waals surface area contributed by atoms with Gasteiger partial charge in [0, 0.05) is 31.5 Å². The summed E-state index contributed by atoms with van der Waals surface area (Å²) in [5, 5.41) is 18.2. The summed E-state index contributed by atoms with van der Waals surface area (Å²) in [6.07, 6.45) is 6.34. The molecule has 0 bridgehead atoms. The Kier molecular flexibility index (Phi) is 18.9. The number of nitrogens with one attached hydrogen (secondary N) is 4. The Morgan fingerprint density at radius 1 is 0.729 bits per heavy atom. The number of unbranched alkanes of at least 4 members (excludes halogenated alkanes) is 2. The molecule has 6 amide bonds. The predicted molar refractivity (Wildman–Crippen MR) is 168 cm³/mol. The van der Waals surface area contributed by atoms with Crippen LogP contribution in [0.1, 0.15) is 51.6 Å². The summed E-state index contributed by atoms with van der Waals surface area (Å²) in [5.74, 6) is -2.21. The summed E-state index contributed by atoms with van der Waals surface area (Å²) < 4.78 is 17.9. The summed E-state index contributed by atoms with van der Waals surface area (Å²) in [4.78, 5) is 82.7. The lowest BCUT2D eigenvalue weighted by atomic mass is 10.2. The van der Waals surface area contributed by atoms with Gasteiger partial charge in [-0.15, -0.1) is 5.10 Å². The maximum Gasteiger partial charge on any atom is 0.253 e. The third-order valence-electron chi connectivity index (χ3n) is 6.80. The van der Waals surface area contributed by atoms with Crippen molar-refractivity contribution in [1.29, 1.82) is 0 Å². The molecule has 2 heterocycles. The standard InChI is InChI=1S/C30H46N8O10/c1-22(23(2)39)34-28(43)20-33-26(41)9-12-46-14-16-48-17-15-47-13-11-37-21-24(35-36-37)18-31-27(42)19-32-25(40)6-4-3-5-10-38-29(44)7-8-30(38)45/h7-8,21-22H,3-6,9-20H2,1-2H3,(H,31,42)(H,32,40)(H,33,41)(H,34,43). The monoisotopic (exact) mass is 678 g/mol. The van der Waals surface area contributed by atoms with E-state index in [4.69, 9.17) is 14.2 Å². The van der Waals surface area contributed by atoms with E-state index in [-0.39, 0.29) is 74.4 Å². The van der Waals surface area contributed by atoms with Crippen molar-refractivity contribution in [2.24, 2.45) is 0 Å². The molecule has 0 radical (unpaired) electrons. The zero-order valence-electron chi connectivity index (χ0n) is 27.5. The lowest BCUT2D eigenvalue weighted by Crippen LogP contribution is -2.43. The molecular formula is C30H46N8O10. The van der Waals surface area contributed by atoms with E-state index in [2.05, 4.69) is 31.6 Å². The van der Waals surface area contributed by atoms with Gasteiger partial charge in [0.1, 0.15) is 5.69 Å². The van der Waals surface area contributed by atoms with Gasteiger partial charge >= 0.3 is 0 Å². The number of aromatic nitrogens is 3. The van der Waals surface area contributed by atoms with Gasteiger partial charge in [-0.2, -0.15) is 0 Å². The minimum atomic E-state index is -0.599. The van der Waals surface area contributed by atoms with Crippen LogP contribution in [0.15, 0.2) is 18.3 Å². The number of rotatable bonds is 26. The molecule has 1 atom stereocenters. The highest BCUT2D eigenvalue weighted by Crippen LogP contribution is 2.07. The first-order valence-electron chi connectivity index (χ1n) is 15.8. The van der Waals surface area contributed by atoms with Crippen molar-refractivity contribution >= 4 is 41.2 Å². The first-order valence-corrected chi connectivity index (χ1v) is 15.8. The SMILES string of the molecule is CC(=O)C(C)NC(=O)CNC(=O)CCOCCOCCOCCn1cc(CNC(=O)CNC(=O)CCCCCN2C(=O)C=CC2=O)nn1. The molecule has 0 saturated carbocycles. The van der Waals surface area contributed by atoms with Crippen LogP contribution in [0.4, 0.5) is 0 Å². The zero-order chi connectivity index (χ0) is 35.1. The molecule has 0 saturated heterocycles. The van der Waals surface area contributed by atoms with Gasteiger partial charge in [0.05, 0.1) is 78.1 Å². The van der Waals surface area contributed by atoms with Crippen molar-refractivity contribution in [3.05, 3.63) is 24.0 Å². The van der Waals surface area contributed by atoms with E-state index >= 15 is 0 Å². The molecule has 1 unspecified atom stereocenters. The lowest BCUT2D eigenvalue weighted by molar-refractivity contribution is -0.137. The van der Waals surface area contributed by atoms with Gasteiger partial charge in [-0.1, -0.05) is 11.6 Å². The average molecular weight is 679 g/mol. The Morgan fingerprint density at radius 2 is 1.33 bits per heavy atom. The molecule has 266 valence electrons. The van der Waals surface area contributed by atoms with Crippen molar-refractivity contribution in [3.63, 3.8) is 0 Å². The van der Waals surface area contributed by atoms with E-state index < -0.39 is 11.9 Å². The second kappa shape index (κ2) is 22.9. The number of ether oxygens (including phenoxy) is 3. The number of imide groups is 1. The molecule has 48 heavy (non-hydrogen) atoms. The fraction of sp³-hybridized carbons (Fsp3) is 0.633. The third kappa shape index (κ3) is 17.4. The average Bonchev–Trinajstić information content (AvgIpc) is 3.65. The van der Waals surface area contributed by atoms with Gasteiger partial charge in [0.15, 0.2) is 5.78 Å². The Morgan fingerprint density at radius 3 is 2.00 bits per heavy atom. The first kappa shape index (κ1) is 39.6. The smallest absolute Gasteiger partial charge is 0.253 e. The van der Waals surface area contributed by atoms with Crippen LogP contribution in [0, 0.1) is 0 Å². The molecule has 18 nitrogen and oxygen atoms in total. The number of hydrogen-bond donors (Lipinski definition) is 4. The summed E-state index contributed by atoms with van der Waals surface area (Å²) in [6.45, 7) is 5.35. The van der Waals surface area contributed by atoms with Crippen LogP contribution in [0.25, 0.3) is 0 Å². The Bertz CT molecular complexity index is 1250. The molecule has 0 aromatic carbocycles. The van der Waals surface area contributed by atoms with Gasteiger partial charge in [-0.05, 0) is 26.7 Å². The minimum absolute atomic E-state index is 0.0879. The molecule has 0 aliphatic carbocycles. The molecule has 2 rings (SSSR count). The quantitative estimate of drug-likeness (QED) is 0.0625. The Balaban J connectivity index is 1.38. The van der Waals surface area contributed by atoms with Crippen LogP contribution in [0.5, 0.6) is 0 Å². The van der Waals surface area contributed by atoms with E-state index in [9.17, 15) is 33.6 Å². The summed E-state index contributed by atoms with van der Waals surface area (Å²) in [6, 6.07) is -0.599. The highest BCUT2D eigenvalue weighted by molar-refractivity contribution is 6.12. The van der Waals surface area contributed by atoms with Crippen molar-refractivity contribution in [1.82, 2.24) is 41.2 Å². The van der Waals surface area contributed by atoms with Crippen molar-refractivity contribution in [3.8, 4) is 0 Å². The minimum Gasteiger partial charge on any atom is -0.379 e. The number of carbonyl (C=O) groups excluding carboxylic acids is 7. The number of amides is 6. The second-order valence-electron chi connectivity index (χ2n) is 10.8. The molecule has 0 fully saturated rings. The summed E-state index contributed by atoms with van der Waals surface area (Å²) >= 11 is 0. The van der Waals surface area contributed by atoms with Gasteiger partial charge in [-0.25, -0.2) is 4.68 Å². The number of ketones is 1. The number of carbonyl (C=O) groups is 7. The Labute approximate surface area is 278 Å². The van der Waals surface area contributed by atoms with Gasteiger partial charge in [0.25, 0.3) is 11.8 Å². The number of Topliss-reactive ketones (excluding diaryl/α,β-unsaturated/α-hetero) is 1. The molecule has 18 heteroatoms. The van der Waals surface area contributed by atoms with E-state index in [0.29, 0.717) is 71.1 Å². The van der Waals surface area contributed by atoms with E-state index in [1.54, 1.807) is 17.8 Å². The maximum absolute atomic E-state index is 12.1. The first-order chi connectivity index (χ1) is 23.0. The van der Waals surface area contributed by atoms with Crippen LogP contribution in [0.2, 0.25) is 0 Å². The van der Waals surface area contributed by atoms with Crippen LogP contribution >= 0.6 is 0 Å². The van der Waals surface area contributed by atoms with Crippen LogP contribution in [-0.2, 0) is 60.9 Å². The highest BCUT2D eigenvalue weighted by atomic mass is 16.5. The summed E-state index contributed by atoms with van der Waals surface area (Å²) in [5.41, 5.74) is 0.547. The fourth-order valence-corrected chi connectivity index (χ4v) is 3.96. The second-order valence-corrected chi connectivity index (χ2v) is 10.8. The van der Waals surface area contributed by atoms with Crippen molar-refractivity contribution in [2.45, 2.75) is 65.1 Å². The molecule has 1 aromatic heterocycles. The van der Waals surface area contributed by atoms with E-state index in [0.717, 1.165) is 0 Å². The van der Waals surface area contributed by atoms with Crippen LogP contribution < -0.4 is 21.3 Å². The van der Waals surface area contributed by atoms with Gasteiger partial charge in [0.2, 0.25) is 23.6 Å². The van der Waals surface area contributed by atoms with Crippen LogP contribution in [-0.4, -0.2) is 126 Å². The fourth-order valence-electron chi connectivity index (χ4n) is 3.96. The van der Waals surface area contributed by atoms with E-state index in [1.165, 1.54) is 24.0 Å². The number of hydrogen-bond acceptors (Lipinski definition) is 12. The van der Waals surface area contributed by atoms with Crippen molar-refractivity contribution < 1.29 is 47.8 Å². The third-order valence-corrected chi connectivity index (χ3v) is 6.80. The molecule has 1 aliphatic rings. The summed E-state index contributed by atoms with van der Waals surface area (Å²) in [7, 11) is 0. The Hall–Kier alpha value is -4.55. The van der Waals surface area contributed by atoms with Crippen LogP contribution in [0.3, 0.4) is 0 Å². The van der Waals surface area contributed by atoms with Crippen molar-refractivity contribution in [2.75, 3.05) is 59.3 Å². The zero-order valence-corrected chi connectivity index (χ0v) is 27.5. The number of nitrogens with zero attached hydrogens (tertiary/aromatic N) is 4. The van der Waals surface area contributed by atoms with E-state index in [1.807, 2.05) is 0 Å². The lowest BCUT2D eigenvalue weighted by Gasteiger charge is -2.13. The van der Waals surface area contributed by atoms with Gasteiger partial charge < -0.3 is 35.5 Å². The molecule has 4 N–H and O–H groups in total. The molecule has 0 spiro atoms. The van der Waals surface area contributed by atoms with Gasteiger partial charge in [-0.3, -0.25) is 38.5 Å². The molecule has 1 aromatic rings. The normalized spacial score (nSPS) is 13.0.